The molecule has 2 aromatic heterocycles. The minimum absolute atomic E-state index is 0.581. The van der Waals surface area contributed by atoms with Gasteiger partial charge in [-0.2, -0.15) is 9.50 Å². The minimum Gasteiger partial charge on any atom is -0.210 e. The van der Waals surface area contributed by atoms with Crippen molar-refractivity contribution < 1.29 is 0 Å². The third-order valence-electron chi connectivity index (χ3n) is 3.66. The van der Waals surface area contributed by atoms with E-state index in [1.165, 1.54) is 0 Å². The first-order valence-corrected chi connectivity index (χ1v) is 7.76. The highest BCUT2D eigenvalue weighted by atomic mass is 32.1. The van der Waals surface area contributed by atoms with Gasteiger partial charge in [-0.15, -0.1) is 17.7 Å². The third kappa shape index (κ3) is 2.39. The van der Waals surface area contributed by atoms with Crippen molar-refractivity contribution in [1.29, 1.82) is 0 Å². The molecule has 0 N–H and O–H groups in total. The van der Waals surface area contributed by atoms with Crippen molar-refractivity contribution in [1.82, 2.24) is 19.6 Å². The van der Waals surface area contributed by atoms with Crippen LogP contribution in [-0.2, 0) is 0 Å². The standard InChI is InChI=1S/C18H14N4S/c1-12-19-18-20-15(13-8-4-2-5-9-13)17(23)16(22(18)21-12)14-10-6-3-7-11-14/h2-11,23H,1H3. The van der Waals surface area contributed by atoms with Gasteiger partial charge in [0.1, 0.15) is 5.82 Å². The van der Waals surface area contributed by atoms with E-state index < -0.39 is 0 Å². The quantitative estimate of drug-likeness (QED) is 0.567. The van der Waals surface area contributed by atoms with Gasteiger partial charge < -0.3 is 0 Å². The zero-order chi connectivity index (χ0) is 15.8. The Bertz CT molecular complexity index is 978. The highest BCUT2D eigenvalue weighted by molar-refractivity contribution is 7.80. The lowest BCUT2D eigenvalue weighted by Crippen LogP contribution is -2.01. The molecule has 112 valence electrons. The summed E-state index contributed by atoms with van der Waals surface area (Å²) >= 11 is 4.77. The average Bonchev–Trinajstić information content (AvgIpc) is 2.95. The van der Waals surface area contributed by atoms with Gasteiger partial charge in [-0.25, -0.2) is 4.98 Å². The maximum absolute atomic E-state index is 4.77. The predicted octanol–water partition coefficient (Wildman–Crippen LogP) is 4.06. The van der Waals surface area contributed by atoms with E-state index in [1.807, 2.05) is 67.6 Å². The summed E-state index contributed by atoms with van der Waals surface area (Å²) in [6.45, 7) is 1.86. The Morgan fingerprint density at radius 1 is 0.826 bits per heavy atom. The lowest BCUT2D eigenvalue weighted by atomic mass is 10.1. The summed E-state index contributed by atoms with van der Waals surface area (Å²) in [6, 6.07) is 20.1. The molecule has 0 aliphatic rings. The fourth-order valence-corrected chi connectivity index (χ4v) is 3.05. The Hall–Kier alpha value is -2.66. The van der Waals surface area contributed by atoms with Crippen molar-refractivity contribution in [2.45, 2.75) is 11.8 Å². The molecule has 0 radical (unpaired) electrons. The lowest BCUT2D eigenvalue weighted by molar-refractivity contribution is 0.907. The van der Waals surface area contributed by atoms with Gasteiger partial charge in [-0.05, 0) is 6.92 Å². The Balaban J connectivity index is 2.09. The summed E-state index contributed by atoms with van der Waals surface area (Å²) in [5.74, 6) is 1.27. The monoisotopic (exact) mass is 318 g/mol. The fraction of sp³-hybridized carbons (Fsp3) is 0.0556. The molecule has 2 heterocycles. The average molecular weight is 318 g/mol. The van der Waals surface area contributed by atoms with Gasteiger partial charge >= 0.3 is 0 Å². The zero-order valence-electron chi connectivity index (χ0n) is 12.5. The number of nitrogens with zero attached hydrogens (tertiary/aromatic N) is 4. The Morgan fingerprint density at radius 2 is 1.43 bits per heavy atom. The topological polar surface area (TPSA) is 43.1 Å². The van der Waals surface area contributed by atoms with E-state index in [4.69, 9.17) is 12.6 Å². The molecule has 4 nitrogen and oxygen atoms in total. The highest BCUT2D eigenvalue weighted by Gasteiger charge is 2.17. The largest absolute Gasteiger partial charge is 0.253 e. The molecular formula is C18H14N4S. The fourth-order valence-electron chi connectivity index (χ4n) is 2.64. The SMILES string of the molecule is Cc1nc2nc(-c3ccccc3)c(S)c(-c3ccccc3)n2n1. The number of aryl methyl sites for hydroxylation is 1. The van der Waals surface area contributed by atoms with Crippen LogP contribution in [-0.4, -0.2) is 19.6 Å². The molecule has 0 spiro atoms. The van der Waals surface area contributed by atoms with Gasteiger partial charge in [0.05, 0.1) is 16.3 Å². The number of aromatic nitrogens is 4. The molecule has 0 fully saturated rings. The third-order valence-corrected chi connectivity index (χ3v) is 4.09. The van der Waals surface area contributed by atoms with E-state index in [1.54, 1.807) is 4.52 Å². The minimum atomic E-state index is 0.581. The molecule has 2 aromatic carbocycles. The van der Waals surface area contributed by atoms with Crippen molar-refractivity contribution in [2.24, 2.45) is 0 Å². The van der Waals surface area contributed by atoms with E-state index in [2.05, 4.69) is 15.1 Å². The van der Waals surface area contributed by atoms with Crippen LogP contribution < -0.4 is 0 Å². The summed E-state index contributed by atoms with van der Waals surface area (Å²) in [7, 11) is 0. The summed E-state index contributed by atoms with van der Waals surface area (Å²) in [5.41, 5.74) is 3.76. The first kappa shape index (κ1) is 14.0. The second-order valence-electron chi connectivity index (χ2n) is 5.26. The van der Waals surface area contributed by atoms with E-state index in [0.717, 1.165) is 27.4 Å². The smallest absolute Gasteiger partial charge is 0.210 e. The van der Waals surface area contributed by atoms with E-state index >= 15 is 0 Å². The van der Waals surface area contributed by atoms with Crippen LogP contribution in [0.4, 0.5) is 0 Å². The van der Waals surface area contributed by atoms with Gasteiger partial charge in [0, 0.05) is 11.1 Å². The van der Waals surface area contributed by atoms with Crippen LogP contribution in [0.15, 0.2) is 65.6 Å². The highest BCUT2D eigenvalue weighted by Crippen LogP contribution is 2.33. The van der Waals surface area contributed by atoms with Gasteiger partial charge in [-0.3, -0.25) is 0 Å². The summed E-state index contributed by atoms with van der Waals surface area (Å²) in [4.78, 5) is 9.89. The molecule has 0 saturated heterocycles. The van der Waals surface area contributed by atoms with Gasteiger partial charge in [0.25, 0.3) is 5.78 Å². The van der Waals surface area contributed by atoms with Crippen molar-refractivity contribution in [3.63, 3.8) is 0 Å². The van der Waals surface area contributed by atoms with Crippen LogP contribution in [0.3, 0.4) is 0 Å². The normalized spacial score (nSPS) is 11.0. The number of rotatable bonds is 2. The van der Waals surface area contributed by atoms with Gasteiger partial charge in [-0.1, -0.05) is 60.7 Å². The van der Waals surface area contributed by atoms with E-state index in [-0.39, 0.29) is 0 Å². The summed E-state index contributed by atoms with van der Waals surface area (Å²) in [6.07, 6.45) is 0. The maximum Gasteiger partial charge on any atom is 0.253 e. The second kappa shape index (κ2) is 5.52. The predicted molar refractivity (Wildman–Crippen MR) is 93.6 cm³/mol. The van der Waals surface area contributed by atoms with Crippen LogP contribution in [0.25, 0.3) is 28.3 Å². The van der Waals surface area contributed by atoms with Crippen LogP contribution in [0.1, 0.15) is 5.82 Å². The summed E-state index contributed by atoms with van der Waals surface area (Å²) in [5, 5.41) is 4.48. The number of thiol groups is 1. The molecule has 0 unspecified atom stereocenters. The van der Waals surface area contributed by atoms with Gasteiger partial charge in [0.15, 0.2) is 0 Å². The molecule has 4 rings (SSSR count). The van der Waals surface area contributed by atoms with Crippen LogP contribution in [0, 0.1) is 6.92 Å². The molecule has 0 aliphatic carbocycles. The van der Waals surface area contributed by atoms with E-state index in [9.17, 15) is 0 Å². The second-order valence-corrected chi connectivity index (χ2v) is 5.71. The molecule has 0 aliphatic heterocycles. The first-order chi connectivity index (χ1) is 11.2. The van der Waals surface area contributed by atoms with Crippen LogP contribution in [0.2, 0.25) is 0 Å². The Kier molecular flexibility index (Phi) is 3.35. The Morgan fingerprint density at radius 3 is 2.09 bits per heavy atom. The van der Waals surface area contributed by atoms with Crippen molar-refractivity contribution in [3.05, 3.63) is 66.5 Å². The van der Waals surface area contributed by atoms with Crippen molar-refractivity contribution in [3.8, 4) is 22.5 Å². The number of fused-ring (bicyclic) bond motifs is 1. The molecular weight excluding hydrogens is 304 g/mol. The molecule has 5 heteroatoms. The van der Waals surface area contributed by atoms with Crippen LogP contribution >= 0.6 is 12.6 Å². The first-order valence-electron chi connectivity index (χ1n) is 7.31. The van der Waals surface area contributed by atoms with Crippen LogP contribution in [0.5, 0.6) is 0 Å². The zero-order valence-corrected chi connectivity index (χ0v) is 13.4. The van der Waals surface area contributed by atoms with Crippen molar-refractivity contribution >= 4 is 18.4 Å². The number of hydrogen-bond acceptors (Lipinski definition) is 4. The van der Waals surface area contributed by atoms with E-state index in [0.29, 0.717) is 11.6 Å². The maximum atomic E-state index is 4.77. The Labute approximate surface area is 139 Å². The summed E-state index contributed by atoms with van der Waals surface area (Å²) < 4.78 is 1.76. The molecule has 0 amide bonds. The molecule has 0 saturated carbocycles. The number of benzene rings is 2. The molecule has 0 bridgehead atoms. The van der Waals surface area contributed by atoms with Crippen molar-refractivity contribution in [2.75, 3.05) is 0 Å². The lowest BCUT2D eigenvalue weighted by Gasteiger charge is -2.12. The van der Waals surface area contributed by atoms with Gasteiger partial charge in [0.2, 0.25) is 0 Å². The number of hydrogen-bond donors (Lipinski definition) is 1. The molecule has 4 aromatic rings. The molecule has 0 atom stereocenters. The molecule has 23 heavy (non-hydrogen) atoms.